The molecule has 101 heavy (non-hydrogen) atoms. The second kappa shape index (κ2) is 39.6. The van der Waals surface area contributed by atoms with Gasteiger partial charge in [-0.1, -0.05) is 116 Å². The van der Waals surface area contributed by atoms with Gasteiger partial charge in [-0.05, 0) is 109 Å². The monoisotopic (exact) mass is 1410 g/mol. The first kappa shape index (κ1) is 79.0. The number of benzene rings is 4. The highest BCUT2D eigenvalue weighted by Crippen LogP contribution is 2.22. The molecule has 0 unspecified atom stereocenters. The van der Waals surface area contributed by atoms with E-state index in [1.807, 2.05) is 36.4 Å². The number of pyridine rings is 1. The van der Waals surface area contributed by atoms with Crippen LogP contribution in [0.5, 0.6) is 0 Å². The molecule has 0 saturated carbocycles. The van der Waals surface area contributed by atoms with Gasteiger partial charge in [0.15, 0.2) is 11.9 Å². The van der Waals surface area contributed by atoms with Gasteiger partial charge in [0.1, 0.15) is 60.4 Å². The van der Waals surface area contributed by atoms with E-state index >= 15 is 0 Å². The Balaban J connectivity index is 1.25. The molecule has 31 nitrogen and oxygen atoms in total. The Bertz CT molecular complexity index is 3730. The van der Waals surface area contributed by atoms with Crippen molar-refractivity contribution >= 4 is 99.4 Å². The van der Waals surface area contributed by atoms with Crippen LogP contribution in [0.2, 0.25) is 5.02 Å². The van der Waals surface area contributed by atoms with Crippen LogP contribution in [0.4, 0.5) is 4.79 Å². The average Bonchev–Trinajstić information content (AvgIpc) is 1.80. The number of amides is 12. The lowest BCUT2D eigenvalue weighted by Gasteiger charge is -2.31. The van der Waals surface area contributed by atoms with Crippen molar-refractivity contribution in [2.45, 2.75) is 152 Å². The van der Waals surface area contributed by atoms with Crippen LogP contribution in [-0.4, -0.2) is 179 Å². The van der Waals surface area contributed by atoms with Crippen LogP contribution in [0, 0.1) is 5.92 Å². The van der Waals surface area contributed by atoms with E-state index in [1.54, 1.807) is 86.6 Å². The Hall–Kier alpha value is -10.9. The number of carbonyl (C=O) groups excluding carboxylic acids is 11. The number of likely N-dealkylation sites (tertiary alicyclic amines) is 1. The van der Waals surface area contributed by atoms with Gasteiger partial charge < -0.3 is 92.3 Å². The molecule has 1 aliphatic rings. The molecule has 5 aromatic rings. The van der Waals surface area contributed by atoms with Gasteiger partial charge in [-0.15, -0.1) is 0 Å². The topological polar surface area (TPSA) is 513 Å². The molecule has 0 aliphatic carbocycles. The maximum atomic E-state index is 14.8. The fourth-order valence-corrected chi connectivity index (χ4v) is 11.4. The first-order valence-corrected chi connectivity index (χ1v) is 33.5. The zero-order chi connectivity index (χ0) is 73.7. The summed E-state index contributed by atoms with van der Waals surface area (Å²) in [5, 5.41) is 36.8. The van der Waals surface area contributed by atoms with E-state index in [0.717, 1.165) is 10.8 Å². The number of aliphatic imine (C=N–C) groups is 2. The van der Waals surface area contributed by atoms with Gasteiger partial charge in [0.05, 0.1) is 6.61 Å². The van der Waals surface area contributed by atoms with Gasteiger partial charge in [0.2, 0.25) is 59.1 Å². The Kier molecular flexibility index (Phi) is 31.0. The number of halogens is 1. The van der Waals surface area contributed by atoms with E-state index in [-0.39, 0.29) is 102 Å². The molecule has 12 amide bonds. The molecule has 542 valence electrons. The number of aliphatic hydroxyl groups is 1. The number of hydrogen-bond donors (Lipinski definition) is 16. The highest BCUT2D eigenvalue weighted by molar-refractivity contribution is 6.30. The number of rotatable bonds is 38. The molecule has 22 N–H and O–H groups in total. The predicted octanol–water partition coefficient (Wildman–Crippen LogP) is -1.28. The van der Waals surface area contributed by atoms with Crippen LogP contribution in [0.1, 0.15) is 88.0 Å². The Morgan fingerprint density at radius 2 is 0.970 bits per heavy atom. The number of hydrogen-bond acceptors (Lipinski definition) is 15. The summed E-state index contributed by atoms with van der Waals surface area (Å²) in [4.78, 5) is 168. The normalized spacial score (nSPS) is 15.2. The van der Waals surface area contributed by atoms with E-state index < -0.39 is 132 Å². The molecule has 1 aromatic heterocycles. The Morgan fingerprint density at radius 3 is 1.51 bits per heavy atom. The van der Waals surface area contributed by atoms with Crippen molar-refractivity contribution < 1.29 is 57.8 Å². The quantitative estimate of drug-likeness (QED) is 0.0124. The van der Waals surface area contributed by atoms with E-state index in [1.165, 1.54) is 24.2 Å². The minimum absolute atomic E-state index is 0.0117. The highest BCUT2D eigenvalue weighted by Gasteiger charge is 2.40. The summed E-state index contributed by atoms with van der Waals surface area (Å²) in [5.74, 6) is -9.15. The molecule has 0 bridgehead atoms. The van der Waals surface area contributed by atoms with Crippen LogP contribution in [0.25, 0.3) is 10.8 Å². The molecule has 1 saturated heterocycles. The van der Waals surface area contributed by atoms with Gasteiger partial charge in [-0.2, -0.15) is 0 Å². The van der Waals surface area contributed by atoms with E-state index in [4.69, 9.17) is 46.0 Å². The van der Waals surface area contributed by atoms with Gasteiger partial charge in [0, 0.05) is 62.7 Å². The number of aromatic nitrogens is 1. The summed E-state index contributed by atoms with van der Waals surface area (Å²) in [5.41, 5.74) is 35.5. The lowest BCUT2D eigenvalue weighted by molar-refractivity contribution is -0.142. The minimum Gasteiger partial charge on any atom is -0.394 e. The lowest BCUT2D eigenvalue weighted by Crippen LogP contribution is -2.61. The zero-order valence-electron chi connectivity index (χ0n) is 56.6. The first-order valence-electron chi connectivity index (χ1n) is 33.1. The third-order valence-corrected chi connectivity index (χ3v) is 16.8. The van der Waals surface area contributed by atoms with Crippen LogP contribution >= 0.6 is 11.6 Å². The molecule has 0 radical (unpaired) electrons. The fraction of sp³-hybridized carbons (Fsp3) is 0.420. The van der Waals surface area contributed by atoms with E-state index in [9.17, 15) is 57.8 Å². The van der Waals surface area contributed by atoms with E-state index in [2.05, 4.69) is 62.8 Å². The predicted molar refractivity (Wildman–Crippen MR) is 379 cm³/mol. The zero-order valence-corrected chi connectivity index (χ0v) is 57.3. The molecular weight excluding hydrogens is 1320 g/mol. The van der Waals surface area contributed by atoms with Crippen LogP contribution in [0.15, 0.2) is 132 Å². The minimum atomic E-state index is -1.81. The average molecular weight is 1420 g/mol. The largest absolute Gasteiger partial charge is 0.394 e. The molecule has 2 heterocycles. The van der Waals surface area contributed by atoms with Gasteiger partial charge in [-0.3, -0.25) is 62.9 Å². The number of aliphatic hydroxyl groups excluding tert-OH is 1. The summed E-state index contributed by atoms with van der Waals surface area (Å²) in [6.07, 6.45) is 3.03. The standard InChI is InChI=1S/C69H92ClN19O12/c1-39(2)31-50(59(93)82-49(19-11-29-79-68(74)75)66(100)89-30-12-20-56(89)65(99)80-40(3)57(71)91)83-61(95)53(36-44-15-9-27-77-37-44)84-58(92)48(18-10-28-78-67(72)73)81-64(98)55(38-90)87-62(96)51(33-41-13-5-4-6-14-41)85-60(94)52(34-42-22-25-47(70)26-23-42)86-63(97)54(88-69(76)101)35-43-21-24-45-16-7-8-17-46(45)32-43/h4-9,13-17,21-27,32,37,39-40,48-56,90H,10-12,18-20,28-31,33-36,38H2,1-3H3,(H2,71,91)(H,80,99)(H,81,98)(H,82,93)(H,83,95)(H,84,92)(H,85,94)(H,86,97)(H,87,96)(H4,72,73,78)(H4,74,75,79)(H3,76,88,101)/t40-,48+,49+,50+,51-,52-,53-,54-,55+,56+/m1/s1. The maximum Gasteiger partial charge on any atom is 0.312 e. The SMILES string of the molecule is CC(C)C[C@H](NC(=O)[C@@H](Cc1cccnc1)NC(=O)[C@H](CCCN=C(N)N)NC(=O)[C@H](CO)NC(=O)[C@@H](Cc1ccccc1)NC(=O)[C@@H](Cc1ccc(Cl)cc1)NC(=O)[C@@H](Cc1ccc2ccccc2c1)NC(N)=O)C(=O)N[C@@H](CCCN=C(N)N)C(=O)N1CCC[C@H]1C(=O)N[C@H](C)C(N)=O. The first-order chi connectivity index (χ1) is 48.2. The van der Waals surface area contributed by atoms with E-state index in [0.29, 0.717) is 33.7 Å². The summed E-state index contributed by atoms with van der Waals surface area (Å²) < 4.78 is 0. The van der Waals surface area contributed by atoms with Crippen molar-refractivity contribution in [1.29, 1.82) is 0 Å². The number of nitrogens with two attached hydrogens (primary N) is 6. The summed E-state index contributed by atoms with van der Waals surface area (Å²) in [6.45, 7) is 4.09. The van der Waals surface area contributed by atoms with Crippen LogP contribution < -0.4 is 82.3 Å². The summed E-state index contributed by atoms with van der Waals surface area (Å²) in [6, 6.07) is 16.4. The molecule has 1 aliphatic heterocycles. The molecule has 10 atom stereocenters. The number of nitrogens with one attached hydrogen (secondary N) is 9. The highest BCUT2D eigenvalue weighted by atomic mass is 35.5. The molecule has 6 rings (SSSR count). The third kappa shape index (κ3) is 26.0. The number of primary amides is 2. The maximum absolute atomic E-state index is 14.8. The van der Waals surface area contributed by atoms with Gasteiger partial charge in [0.25, 0.3) is 0 Å². The second-order valence-corrected chi connectivity index (χ2v) is 25.4. The van der Waals surface area contributed by atoms with Crippen molar-refractivity contribution in [1.82, 2.24) is 57.7 Å². The smallest absolute Gasteiger partial charge is 0.312 e. The lowest BCUT2D eigenvalue weighted by atomic mass is 9.99. The Morgan fingerprint density at radius 1 is 0.515 bits per heavy atom. The molecular formula is C69H92ClN19O12. The van der Waals surface area contributed by atoms with Crippen molar-refractivity contribution in [2.24, 2.45) is 50.3 Å². The Labute approximate surface area is 589 Å². The number of fused-ring (bicyclic) bond motifs is 1. The molecule has 32 heteroatoms. The molecule has 4 aromatic carbocycles. The van der Waals surface area contributed by atoms with Gasteiger partial charge >= 0.3 is 6.03 Å². The van der Waals surface area contributed by atoms with Crippen molar-refractivity contribution in [3.8, 4) is 0 Å². The molecule has 0 spiro atoms. The molecule has 1 fully saturated rings. The van der Waals surface area contributed by atoms with Gasteiger partial charge in [-0.25, -0.2) is 4.79 Å². The third-order valence-electron chi connectivity index (χ3n) is 16.5. The van der Waals surface area contributed by atoms with Crippen molar-refractivity contribution in [3.63, 3.8) is 0 Å². The number of nitrogens with zero attached hydrogens (tertiary/aromatic N) is 4. The second-order valence-electron chi connectivity index (χ2n) is 25.0. The number of urea groups is 1. The number of carbonyl (C=O) groups is 11. The fourth-order valence-electron chi connectivity index (χ4n) is 11.3. The summed E-state index contributed by atoms with van der Waals surface area (Å²) >= 11 is 6.22. The van der Waals surface area contributed by atoms with Crippen LogP contribution in [0.3, 0.4) is 0 Å². The van der Waals surface area contributed by atoms with Crippen molar-refractivity contribution in [3.05, 3.63) is 149 Å². The van der Waals surface area contributed by atoms with Crippen molar-refractivity contribution in [2.75, 3.05) is 26.2 Å². The summed E-state index contributed by atoms with van der Waals surface area (Å²) in [7, 11) is 0. The number of guanidine groups is 2. The van der Waals surface area contributed by atoms with Crippen LogP contribution in [-0.2, 0) is 73.6 Å².